The third kappa shape index (κ3) is 2.94. The van der Waals surface area contributed by atoms with Crippen LogP contribution in [0.5, 0.6) is 5.75 Å². The van der Waals surface area contributed by atoms with Crippen LogP contribution >= 0.6 is 22.9 Å². The van der Waals surface area contributed by atoms with Gasteiger partial charge in [0.1, 0.15) is 10.6 Å². The average molecular weight is 350 g/mol. The molecular formula is C17H16ClNO3S. The van der Waals surface area contributed by atoms with Gasteiger partial charge in [0, 0.05) is 12.1 Å². The molecule has 3 aromatic rings. The third-order valence-corrected chi connectivity index (χ3v) is 5.14. The number of aryl methyl sites for hydroxylation is 1. The van der Waals surface area contributed by atoms with E-state index >= 15 is 0 Å². The number of rotatable bonds is 5. The molecule has 0 bridgehead atoms. The SMILES string of the molecule is CCCCn1c(-c2ccc(O)cc2Cl)cc2sc(C(=O)O)cc21. The minimum Gasteiger partial charge on any atom is -0.508 e. The van der Waals surface area contributed by atoms with Crippen LogP contribution in [-0.4, -0.2) is 20.7 Å². The van der Waals surface area contributed by atoms with E-state index in [2.05, 4.69) is 11.5 Å². The molecule has 0 saturated heterocycles. The fraction of sp³-hybridized carbons (Fsp3) is 0.235. The molecule has 120 valence electrons. The maximum atomic E-state index is 11.2. The van der Waals surface area contributed by atoms with Crippen LogP contribution in [0.2, 0.25) is 5.02 Å². The minimum atomic E-state index is -0.905. The molecule has 0 amide bonds. The number of fused-ring (bicyclic) bond motifs is 1. The van der Waals surface area contributed by atoms with Crippen LogP contribution in [0.3, 0.4) is 0 Å². The zero-order valence-corrected chi connectivity index (χ0v) is 14.1. The molecule has 6 heteroatoms. The number of carboxylic acids is 1. The molecule has 0 saturated carbocycles. The number of carbonyl (C=O) groups is 1. The largest absolute Gasteiger partial charge is 0.508 e. The lowest BCUT2D eigenvalue weighted by Gasteiger charge is -2.11. The topological polar surface area (TPSA) is 62.5 Å². The number of aromatic hydroxyl groups is 1. The monoisotopic (exact) mass is 349 g/mol. The number of carboxylic acid groups (broad SMARTS) is 1. The first-order chi connectivity index (χ1) is 11.0. The van der Waals surface area contributed by atoms with Gasteiger partial charge in [0.15, 0.2) is 0 Å². The lowest BCUT2D eigenvalue weighted by Crippen LogP contribution is -2.00. The number of benzene rings is 1. The quantitative estimate of drug-likeness (QED) is 0.663. The molecule has 2 N–H and O–H groups in total. The Bertz CT molecular complexity index is 881. The van der Waals surface area contributed by atoms with Gasteiger partial charge in [-0.15, -0.1) is 11.3 Å². The van der Waals surface area contributed by atoms with Crippen LogP contribution in [0.1, 0.15) is 29.4 Å². The van der Waals surface area contributed by atoms with Gasteiger partial charge in [0.2, 0.25) is 0 Å². The van der Waals surface area contributed by atoms with Crippen LogP contribution in [0, 0.1) is 0 Å². The zero-order chi connectivity index (χ0) is 16.6. The highest BCUT2D eigenvalue weighted by molar-refractivity contribution is 7.20. The summed E-state index contributed by atoms with van der Waals surface area (Å²) >= 11 is 7.55. The van der Waals surface area contributed by atoms with Crippen molar-refractivity contribution in [2.75, 3.05) is 0 Å². The summed E-state index contributed by atoms with van der Waals surface area (Å²) in [5.41, 5.74) is 2.70. The fourth-order valence-corrected chi connectivity index (χ4v) is 3.85. The van der Waals surface area contributed by atoms with Crippen molar-refractivity contribution in [3.8, 4) is 17.0 Å². The van der Waals surface area contributed by atoms with Crippen molar-refractivity contribution in [2.45, 2.75) is 26.3 Å². The zero-order valence-electron chi connectivity index (χ0n) is 12.5. The molecule has 3 rings (SSSR count). The number of phenols is 1. The lowest BCUT2D eigenvalue weighted by molar-refractivity contribution is 0.0702. The Morgan fingerprint density at radius 1 is 1.30 bits per heavy atom. The Morgan fingerprint density at radius 2 is 2.09 bits per heavy atom. The summed E-state index contributed by atoms with van der Waals surface area (Å²) in [5.74, 6) is -0.780. The van der Waals surface area contributed by atoms with Gasteiger partial charge in [0.05, 0.1) is 20.9 Å². The van der Waals surface area contributed by atoms with Crippen molar-refractivity contribution >= 4 is 39.1 Å². The average Bonchev–Trinajstić information content (AvgIpc) is 3.03. The number of nitrogens with zero attached hydrogens (tertiary/aromatic N) is 1. The first kappa shape index (κ1) is 15.9. The summed E-state index contributed by atoms with van der Waals surface area (Å²) in [6, 6.07) is 8.60. The van der Waals surface area contributed by atoms with E-state index < -0.39 is 5.97 Å². The molecule has 4 nitrogen and oxygen atoms in total. The Labute approximate surface area is 142 Å². The summed E-state index contributed by atoms with van der Waals surface area (Å²) in [5, 5.41) is 19.2. The van der Waals surface area contributed by atoms with Crippen LogP contribution < -0.4 is 0 Å². The second-order valence-corrected chi connectivity index (χ2v) is 6.86. The number of thiophene rings is 1. The Balaban J connectivity index is 2.18. The van der Waals surface area contributed by atoms with Gasteiger partial charge < -0.3 is 14.8 Å². The number of hydrogen-bond acceptors (Lipinski definition) is 3. The van der Waals surface area contributed by atoms with Crippen molar-refractivity contribution < 1.29 is 15.0 Å². The number of hydrogen-bond donors (Lipinski definition) is 2. The van der Waals surface area contributed by atoms with Crippen LogP contribution in [0.25, 0.3) is 21.5 Å². The summed E-state index contributed by atoms with van der Waals surface area (Å²) in [7, 11) is 0. The third-order valence-electron chi connectivity index (χ3n) is 3.76. The van der Waals surface area contributed by atoms with E-state index in [-0.39, 0.29) is 5.75 Å². The normalized spacial score (nSPS) is 11.2. The smallest absolute Gasteiger partial charge is 0.345 e. The van der Waals surface area contributed by atoms with Crippen LogP contribution in [0.15, 0.2) is 30.3 Å². The second kappa shape index (κ2) is 6.26. The highest BCUT2D eigenvalue weighted by atomic mass is 35.5. The maximum absolute atomic E-state index is 11.2. The first-order valence-electron chi connectivity index (χ1n) is 7.36. The van der Waals surface area contributed by atoms with E-state index in [1.54, 1.807) is 18.2 Å². The Kier molecular flexibility index (Phi) is 4.33. The molecule has 0 aliphatic heterocycles. The predicted octanol–water partition coefficient (Wildman–Crippen LogP) is 5.23. The number of aromatic nitrogens is 1. The molecule has 2 aromatic heterocycles. The molecule has 0 aliphatic rings. The maximum Gasteiger partial charge on any atom is 0.345 e. The number of phenolic OH excluding ortho intramolecular Hbond substituents is 1. The molecule has 1 aromatic carbocycles. The van der Waals surface area contributed by atoms with E-state index in [1.165, 1.54) is 17.4 Å². The summed E-state index contributed by atoms with van der Waals surface area (Å²) in [4.78, 5) is 11.5. The number of unbranched alkanes of at least 4 members (excludes halogenated alkanes) is 1. The van der Waals surface area contributed by atoms with Crippen molar-refractivity contribution in [3.63, 3.8) is 0 Å². The number of halogens is 1. The van der Waals surface area contributed by atoms with Crippen molar-refractivity contribution in [1.82, 2.24) is 4.57 Å². The molecule has 2 heterocycles. The van der Waals surface area contributed by atoms with E-state index in [9.17, 15) is 15.0 Å². The fourth-order valence-electron chi connectivity index (χ4n) is 2.64. The molecular weight excluding hydrogens is 334 g/mol. The van der Waals surface area contributed by atoms with Gasteiger partial charge in [-0.05, 0) is 36.8 Å². The van der Waals surface area contributed by atoms with Crippen LogP contribution in [-0.2, 0) is 6.54 Å². The molecule has 0 radical (unpaired) electrons. The minimum absolute atomic E-state index is 0.125. The lowest BCUT2D eigenvalue weighted by atomic mass is 10.1. The second-order valence-electron chi connectivity index (χ2n) is 5.36. The standard InChI is InChI=1S/C17H16ClNO3S/c1-2-3-6-19-13(11-5-4-10(20)7-12(11)18)8-15-14(19)9-16(23-15)17(21)22/h4-5,7-9,20H,2-3,6H2,1H3,(H,21,22). The van der Waals surface area contributed by atoms with E-state index in [0.29, 0.717) is 9.90 Å². The van der Waals surface area contributed by atoms with Gasteiger partial charge in [-0.2, -0.15) is 0 Å². The summed E-state index contributed by atoms with van der Waals surface area (Å²) in [6.45, 7) is 2.91. The molecule has 0 aliphatic carbocycles. The van der Waals surface area contributed by atoms with Gasteiger partial charge in [0.25, 0.3) is 0 Å². The van der Waals surface area contributed by atoms with Crippen LogP contribution in [0.4, 0.5) is 0 Å². The summed E-state index contributed by atoms with van der Waals surface area (Å²) < 4.78 is 3.04. The van der Waals surface area contributed by atoms with Crippen molar-refractivity contribution in [1.29, 1.82) is 0 Å². The molecule has 0 fully saturated rings. The molecule has 0 spiro atoms. The van der Waals surface area contributed by atoms with Gasteiger partial charge in [-0.3, -0.25) is 0 Å². The van der Waals surface area contributed by atoms with Gasteiger partial charge in [-0.25, -0.2) is 4.79 Å². The van der Waals surface area contributed by atoms with E-state index in [0.717, 1.165) is 40.9 Å². The Hall–Kier alpha value is -1.98. The van der Waals surface area contributed by atoms with E-state index in [4.69, 9.17) is 11.6 Å². The van der Waals surface area contributed by atoms with Crippen molar-refractivity contribution in [3.05, 3.63) is 40.2 Å². The predicted molar refractivity (Wildman–Crippen MR) is 93.8 cm³/mol. The van der Waals surface area contributed by atoms with Crippen molar-refractivity contribution in [2.24, 2.45) is 0 Å². The first-order valence-corrected chi connectivity index (χ1v) is 8.56. The van der Waals surface area contributed by atoms with Gasteiger partial charge in [-0.1, -0.05) is 24.9 Å². The molecule has 0 atom stereocenters. The molecule has 0 unspecified atom stereocenters. The molecule has 23 heavy (non-hydrogen) atoms. The highest BCUT2D eigenvalue weighted by Crippen LogP contribution is 2.38. The Morgan fingerprint density at radius 3 is 2.74 bits per heavy atom. The number of aromatic carboxylic acids is 1. The van der Waals surface area contributed by atoms with E-state index in [1.807, 2.05) is 6.07 Å². The highest BCUT2D eigenvalue weighted by Gasteiger charge is 2.17. The van der Waals surface area contributed by atoms with Gasteiger partial charge >= 0.3 is 5.97 Å². The summed E-state index contributed by atoms with van der Waals surface area (Å²) in [6.07, 6.45) is 2.03.